The maximum absolute atomic E-state index is 11.4. The third-order valence-corrected chi connectivity index (χ3v) is 2.29. The lowest BCUT2D eigenvalue weighted by Crippen LogP contribution is -2.20. The van der Waals surface area contributed by atoms with Gasteiger partial charge in [-0.05, 0) is 33.6 Å². The molecule has 0 N–H and O–H groups in total. The number of rotatable bonds is 3. The zero-order chi connectivity index (χ0) is 10.6. The van der Waals surface area contributed by atoms with Crippen molar-refractivity contribution in [2.24, 2.45) is 5.92 Å². The van der Waals surface area contributed by atoms with Gasteiger partial charge in [-0.25, -0.2) is 4.79 Å². The summed E-state index contributed by atoms with van der Waals surface area (Å²) in [5.74, 6) is 0.176. The largest absolute Gasteiger partial charge is 0.459 e. The number of ether oxygens (including phenoxy) is 1. The summed E-state index contributed by atoms with van der Waals surface area (Å²) < 4.78 is 5.24. The first-order valence-corrected chi connectivity index (χ1v) is 4.71. The van der Waals surface area contributed by atoms with E-state index in [0.29, 0.717) is 11.5 Å². The van der Waals surface area contributed by atoms with E-state index in [1.165, 1.54) is 0 Å². The summed E-state index contributed by atoms with van der Waals surface area (Å²) in [7, 11) is 0. The maximum atomic E-state index is 11.4. The van der Waals surface area contributed by atoms with Crippen LogP contribution in [-0.2, 0) is 9.53 Å². The average molecular weight is 184 g/mol. The summed E-state index contributed by atoms with van der Waals surface area (Å²) in [6, 6.07) is 0. The van der Waals surface area contributed by atoms with Gasteiger partial charge in [-0.1, -0.05) is 19.4 Å². The molecule has 0 saturated heterocycles. The lowest BCUT2D eigenvalue weighted by molar-refractivity contribution is -0.145. The topological polar surface area (TPSA) is 26.3 Å². The molecule has 1 unspecified atom stereocenters. The molecule has 0 fully saturated rings. The highest BCUT2D eigenvalue weighted by atomic mass is 16.5. The average Bonchev–Trinajstić information content (AvgIpc) is 2.02. The molecule has 0 bridgehead atoms. The molecule has 2 heteroatoms. The van der Waals surface area contributed by atoms with E-state index in [2.05, 4.69) is 0 Å². The Bertz CT molecular complexity index is 210. The van der Waals surface area contributed by atoms with Gasteiger partial charge >= 0.3 is 5.97 Å². The Hall–Kier alpha value is -0.790. The first kappa shape index (κ1) is 12.2. The monoisotopic (exact) mass is 184 g/mol. The van der Waals surface area contributed by atoms with Gasteiger partial charge in [0.2, 0.25) is 0 Å². The van der Waals surface area contributed by atoms with Crippen molar-refractivity contribution in [2.75, 3.05) is 0 Å². The molecule has 0 aliphatic carbocycles. The van der Waals surface area contributed by atoms with Gasteiger partial charge in [0.05, 0.1) is 0 Å². The van der Waals surface area contributed by atoms with Crippen LogP contribution in [0.4, 0.5) is 0 Å². The fourth-order valence-electron chi connectivity index (χ4n) is 0.597. The van der Waals surface area contributed by atoms with Gasteiger partial charge in [0.15, 0.2) is 0 Å². The predicted octanol–water partition coefficient (Wildman–Crippen LogP) is 2.93. The Labute approximate surface area is 81.0 Å². The molecule has 0 aromatic carbocycles. The minimum atomic E-state index is -0.193. The Kier molecular flexibility index (Phi) is 4.74. The number of esters is 1. The van der Waals surface area contributed by atoms with Crippen LogP contribution in [-0.4, -0.2) is 12.1 Å². The van der Waals surface area contributed by atoms with Crippen molar-refractivity contribution in [1.82, 2.24) is 0 Å². The summed E-state index contributed by atoms with van der Waals surface area (Å²) >= 11 is 0. The predicted molar refractivity (Wildman–Crippen MR) is 54.4 cm³/mol. The van der Waals surface area contributed by atoms with E-state index in [9.17, 15) is 4.79 Å². The molecule has 2 nitrogen and oxygen atoms in total. The van der Waals surface area contributed by atoms with Crippen LogP contribution in [0, 0.1) is 5.92 Å². The fraction of sp³-hybridized carbons (Fsp3) is 0.727. The first-order chi connectivity index (χ1) is 5.86. The number of hydrogen-bond donors (Lipinski definition) is 0. The Morgan fingerprint density at radius 3 is 1.85 bits per heavy atom. The van der Waals surface area contributed by atoms with Crippen molar-refractivity contribution in [3.05, 3.63) is 11.1 Å². The molecule has 0 radical (unpaired) electrons. The Morgan fingerprint density at radius 2 is 1.54 bits per heavy atom. The van der Waals surface area contributed by atoms with Crippen molar-refractivity contribution < 1.29 is 9.53 Å². The lowest BCUT2D eigenvalue weighted by atomic mass is 10.1. The minimum Gasteiger partial charge on any atom is -0.459 e. The molecular formula is C11H20O2. The molecule has 0 heterocycles. The molecule has 76 valence electrons. The van der Waals surface area contributed by atoms with Crippen molar-refractivity contribution in [2.45, 2.75) is 47.6 Å². The molecular weight excluding hydrogens is 164 g/mol. The maximum Gasteiger partial charge on any atom is 0.333 e. The first-order valence-electron chi connectivity index (χ1n) is 4.71. The number of carbonyl (C=O) groups excluding carboxylic acids is 1. The van der Waals surface area contributed by atoms with Crippen LogP contribution in [0.5, 0.6) is 0 Å². The highest BCUT2D eigenvalue weighted by molar-refractivity contribution is 5.88. The van der Waals surface area contributed by atoms with Crippen LogP contribution in [0.15, 0.2) is 11.1 Å². The molecule has 0 aromatic rings. The van der Waals surface area contributed by atoms with Crippen molar-refractivity contribution >= 4 is 5.97 Å². The van der Waals surface area contributed by atoms with Crippen LogP contribution < -0.4 is 0 Å². The second-order valence-corrected chi connectivity index (χ2v) is 3.98. The second-order valence-electron chi connectivity index (χ2n) is 3.98. The van der Waals surface area contributed by atoms with Crippen LogP contribution in [0.3, 0.4) is 0 Å². The van der Waals surface area contributed by atoms with E-state index >= 15 is 0 Å². The van der Waals surface area contributed by atoms with Gasteiger partial charge in [0.25, 0.3) is 0 Å². The zero-order valence-corrected chi connectivity index (χ0v) is 9.47. The van der Waals surface area contributed by atoms with Crippen LogP contribution in [0.1, 0.15) is 41.5 Å². The zero-order valence-electron chi connectivity index (χ0n) is 9.47. The fourth-order valence-corrected chi connectivity index (χ4v) is 0.597. The van der Waals surface area contributed by atoms with E-state index in [4.69, 9.17) is 4.74 Å². The van der Waals surface area contributed by atoms with Crippen molar-refractivity contribution in [3.63, 3.8) is 0 Å². The second kappa shape index (κ2) is 5.05. The molecule has 0 amide bonds. The summed E-state index contributed by atoms with van der Waals surface area (Å²) in [6.45, 7) is 11.6. The summed E-state index contributed by atoms with van der Waals surface area (Å²) in [5, 5.41) is 0. The van der Waals surface area contributed by atoms with E-state index < -0.39 is 0 Å². The van der Waals surface area contributed by atoms with E-state index in [1.807, 2.05) is 34.6 Å². The minimum absolute atomic E-state index is 0.0122. The molecule has 0 aromatic heterocycles. The third-order valence-electron chi connectivity index (χ3n) is 2.29. The molecule has 1 atom stereocenters. The molecule has 0 saturated carbocycles. The third kappa shape index (κ3) is 4.11. The highest BCUT2D eigenvalue weighted by Gasteiger charge is 2.14. The van der Waals surface area contributed by atoms with Crippen LogP contribution >= 0.6 is 0 Å². The van der Waals surface area contributed by atoms with Crippen molar-refractivity contribution in [1.29, 1.82) is 0 Å². The Balaban J connectivity index is 4.25. The van der Waals surface area contributed by atoms with Crippen LogP contribution in [0.2, 0.25) is 0 Å². The normalized spacial score (nSPS) is 12.5. The van der Waals surface area contributed by atoms with Crippen molar-refractivity contribution in [3.8, 4) is 0 Å². The standard InChI is InChI=1S/C11H20O2/c1-7(2)9(5)11(12)13-10(6)8(3)4/h8,10H,1-6H3. The summed E-state index contributed by atoms with van der Waals surface area (Å²) in [4.78, 5) is 11.4. The molecule has 0 aliphatic heterocycles. The van der Waals surface area contributed by atoms with E-state index in [0.717, 1.165) is 5.57 Å². The van der Waals surface area contributed by atoms with Gasteiger partial charge in [0, 0.05) is 5.57 Å². The lowest BCUT2D eigenvalue weighted by Gasteiger charge is -2.17. The molecule has 0 spiro atoms. The van der Waals surface area contributed by atoms with E-state index in [1.54, 1.807) is 6.92 Å². The smallest absolute Gasteiger partial charge is 0.333 e. The van der Waals surface area contributed by atoms with E-state index in [-0.39, 0.29) is 12.1 Å². The summed E-state index contributed by atoms with van der Waals surface area (Å²) in [5.41, 5.74) is 1.73. The van der Waals surface area contributed by atoms with Gasteiger partial charge in [0.1, 0.15) is 6.10 Å². The Morgan fingerprint density at radius 1 is 1.08 bits per heavy atom. The SMILES string of the molecule is CC(C)=C(C)C(=O)OC(C)C(C)C. The number of carbonyl (C=O) groups is 1. The van der Waals surface area contributed by atoms with Gasteiger partial charge < -0.3 is 4.74 Å². The van der Waals surface area contributed by atoms with Crippen LogP contribution in [0.25, 0.3) is 0 Å². The van der Waals surface area contributed by atoms with Gasteiger partial charge in [-0.2, -0.15) is 0 Å². The highest BCUT2D eigenvalue weighted by Crippen LogP contribution is 2.10. The number of allylic oxidation sites excluding steroid dienone is 1. The summed E-state index contributed by atoms with van der Waals surface area (Å²) in [6.07, 6.45) is -0.0122. The van der Waals surface area contributed by atoms with Gasteiger partial charge in [-0.3, -0.25) is 0 Å². The number of hydrogen-bond acceptors (Lipinski definition) is 2. The quantitative estimate of drug-likeness (QED) is 0.498. The van der Waals surface area contributed by atoms with Gasteiger partial charge in [-0.15, -0.1) is 0 Å². The molecule has 0 rings (SSSR count). The molecule has 13 heavy (non-hydrogen) atoms. The molecule has 0 aliphatic rings.